The zero-order chi connectivity index (χ0) is 9.99. The van der Waals surface area contributed by atoms with Crippen molar-refractivity contribution in [1.82, 2.24) is 5.01 Å². The molecule has 3 nitrogen and oxygen atoms in total. The summed E-state index contributed by atoms with van der Waals surface area (Å²) >= 11 is 0. The van der Waals surface area contributed by atoms with Crippen molar-refractivity contribution in [3.05, 3.63) is 0 Å². The number of hydrogen-bond acceptors (Lipinski definition) is 2. The van der Waals surface area contributed by atoms with Crippen molar-refractivity contribution in [3.63, 3.8) is 0 Å². The van der Waals surface area contributed by atoms with Crippen LogP contribution in [-0.4, -0.2) is 42.4 Å². The lowest BCUT2D eigenvalue weighted by atomic mass is 10.2. The summed E-state index contributed by atoms with van der Waals surface area (Å²) in [5.74, 6) is 0. The Morgan fingerprint density at radius 2 is 1.50 bits per heavy atom. The maximum absolute atomic E-state index is 6.10. The van der Waals surface area contributed by atoms with Gasteiger partial charge in [0.25, 0.3) is 0 Å². The first kappa shape index (κ1) is 11.9. The minimum absolute atomic E-state index is 0.216. The molecule has 0 radical (unpaired) electrons. The third-order valence-electron chi connectivity index (χ3n) is 2.85. The van der Waals surface area contributed by atoms with Crippen LogP contribution < -0.4 is 5.73 Å². The fourth-order valence-electron chi connectivity index (χ4n) is 1.30. The highest BCUT2D eigenvalue weighted by Gasteiger charge is 2.37. The van der Waals surface area contributed by atoms with Gasteiger partial charge in [0.15, 0.2) is 5.66 Å². The minimum Gasteiger partial charge on any atom is -0.278 e. The predicted molar refractivity (Wildman–Crippen MR) is 53.3 cm³/mol. The van der Waals surface area contributed by atoms with Gasteiger partial charge in [0.1, 0.15) is 0 Å². The topological polar surface area (TPSA) is 29.3 Å². The molecule has 0 heterocycles. The van der Waals surface area contributed by atoms with Crippen LogP contribution in [0.1, 0.15) is 27.7 Å². The Morgan fingerprint density at radius 3 is 1.58 bits per heavy atom. The standard InChI is InChI=1S/C9H24N3/c1-7-11(8-2)12(5,6)9(3,4)10/h7-8,10H2,1-6H3/q+1. The van der Waals surface area contributed by atoms with Crippen molar-refractivity contribution in [2.75, 3.05) is 27.2 Å². The number of rotatable bonds is 4. The molecule has 0 aliphatic rings. The number of hydrogen-bond donors (Lipinski definition) is 1. The Labute approximate surface area is 76.7 Å². The number of quaternary nitrogens is 1. The third kappa shape index (κ3) is 2.19. The Balaban J connectivity index is 4.57. The molecule has 3 heteroatoms. The van der Waals surface area contributed by atoms with Crippen molar-refractivity contribution in [2.45, 2.75) is 33.4 Å². The largest absolute Gasteiger partial charge is 0.278 e. The molecule has 0 amide bonds. The molecule has 2 N–H and O–H groups in total. The van der Waals surface area contributed by atoms with E-state index in [1.54, 1.807) is 0 Å². The van der Waals surface area contributed by atoms with Gasteiger partial charge < -0.3 is 0 Å². The van der Waals surface area contributed by atoms with Gasteiger partial charge in [-0.25, -0.2) is 4.59 Å². The Hall–Kier alpha value is -0.120. The van der Waals surface area contributed by atoms with E-state index < -0.39 is 0 Å². The van der Waals surface area contributed by atoms with E-state index in [0.29, 0.717) is 0 Å². The average molecular weight is 174 g/mol. The summed E-state index contributed by atoms with van der Waals surface area (Å²) < 4.78 is 0.736. The molecule has 0 spiro atoms. The van der Waals surface area contributed by atoms with E-state index in [9.17, 15) is 0 Å². The van der Waals surface area contributed by atoms with Crippen LogP contribution in [0.25, 0.3) is 0 Å². The van der Waals surface area contributed by atoms with Gasteiger partial charge >= 0.3 is 0 Å². The van der Waals surface area contributed by atoms with Gasteiger partial charge in [-0.05, 0) is 13.8 Å². The van der Waals surface area contributed by atoms with Crippen molar-refractivity contribution in [3.8, 4) is 0 Å². The lowest BCUT2D eigenvalue weighted by Crippen LogP contribution is -2.69. The van der Waals surface area contributed by atoms with E-state index in [4.69, 9.17) is 5.73 Å². The molecule has 0 unspecified atom stereocenters. The predicted octanol–water partition coefficient (Wildman–Crippen LogP) is 1.01. The maximum Gasteiger partial charge on any atom is 0.162 e. The molecular formula is C9H24N3+. The summed E-state index contributed by atoms with van der Waals surface area (Å²) in [4.78, 5) is 0. The molecule has 0 atom stereocenters. The fourth-order valence-corrected chi connectivity index (χ4v) is 1.30. The average Bonchev–Trinajstić information content (AvgIpc) is 1.87. The summed E-state index contributed by atoms with van der Waals surface area (Å²) in [6.45, 7) is 10.5. The van der Waals surface area contributed by atoms with Crippen LogP contribution in [0.15, 0.2) is 0 Å². The Bertz CT molecular complexity index is 131. The second-order valence-corrected chi connectivity index (χ2v) is 4.19. The quantitative estimate of drug-likeness (QED) is 0.391. The Morgan fingerprint density at radius 1 is 1.17 bits per heavy atom. The first-order chi connectivity index (χ1) is 5.27. The molecule has 0 saturated carbocycles. The van der Waals surface area contributed by atoms with Gasteiger partial charge in [0.05, 0.1) is 14.1 Å². The molecule has 0 bridgehead atoms. The first-order valence-electron chi connectivity index (χ1n) is 4.65. The highest BCUT2D eigenvalue weighted by atomic mass is 15.8. The lowest BCUT2D eigenvalue weighted by Gasteiger charge is -2.47. The van der Waals surface area contributed by atoms with E-state index in [-0.39, 0.29) is 5.66 Å². The van der Waals surface area contributed by atoms with Crippen LogP contribution in [0.4, 0.5) is 0 Å². The first-order valence-corrected chi connectivity index (χ1v) is 4.65. The third-order valence-corrected chi connectivity index (χ3v) is 2.85. The van der Waals surface area contributed by atoms with Crippen LogP contribution in [0.5, 0.6) is 0 Å². The second kappa shape index (κ2) is 3.73. The highest BCUT2D eigenvalue weighted by Crippen LogP contribution is 2.17. The smallest absolute Gasteiger partial charge is 0.162 e. The summed E-state index contributed by atoms with van der Waals surface area (Å²) in [6, 6.07) is 0. The molecule has 0 saturated heterocycles. The fraction of sp³-hybridized carbons (Fsp3) is 1.00. The lowest BCUT2D eigenvalue weighted by molar-refractivity contribution is -1.04. The summed E-state index contributed by atoms with van der Waals surface area (Å²) in [5.41, 5.74) is 5.88. The van der Waals surface area contributed by atoms with E-state index in [1.807, 2.05) is 0 Å². The van der Waals surface area contributed by atoms with Crippen LogP contribution in [0.2, 0.25) is 0 Å². The maximum atomic E-state index is 6.10. The van der Waals surface area contributed by atoms with Crippen LogP contribution in [-0.2, 0) is 0 Å². The molecule has 74 valence electrons. The highest BCUT2D eigenvalue weighted by molar-refractivity contribution is 4.57. The molecule has 0 rings (SSSR count). The van der Waals surface area contributed by atoms with Gasteiger partial charge in [0, 0.05) is 26.9 Å². The molecule has 12 heavy (non-hydrogen) atoms. The molecule has 0 aromatic heterocycles. The van der Waals surface area contributed by atoms with E-state index in [0.717, 1.165) is 17.7 Å². The number of nitrogens with two attached hydrogens (primary N) is 1. The zero-order valence-electron chi connectivity index (χ0n) is 9.39. The van der Waals surface area contributed by atoms with E-state index in [2.05, 4.69) is 46.8 Å². The molecule has 0 fully saturated rings. The van der Waals surface area contributed by atoms with Gasteiger partial charge in [-0.15, -0.1) is 0 Å². The van der Waals surface area contributed by atoms with Gasteiger partial charge in [0.2, 0.25) is 0 Å². The molecule has 0 aliphatic carbocycles. The summed E-state index contributed by atoms with van der Waals surface area (Å²) in [5, 5.41) is 2.33. The number of nitrogens with zero attached hydrogens (tertiary/aromatic N) is 2. The normalized spacial score (nSPS) is 14.0. The molecule has 0 aromatic rings. The van der Waals surface area contributed by atoms with Crippen molar-refractivity contribution in [2.24, 2.45) is 5.73 Å². The monoisotopic (exact) mass is 174 g/mol. The SMILES string of the molecule is CCN(CC)[N+](C)(C)C(C)(C)N. The van der Waals surface area contributed by atoms with Gasteiger partial charge in [-0.2, -0.15) is 5.01 Å². The van der Waals surface area contributed by atoms with Gasteiger partial charge in [-0.1, -0.05) is 0 Å². The van der Waals surface area contributed by atoms with Crippen molar-refractivity contribution in [1.29, 1.82) is 0 Å². The summed E-state index contributed by atoms with van der Waals surface area (Å²) in [6.07, 6.45) is 0. The molecular weight excluding hydrogens is 150 g/mol. The molecule has 0 aromatic carbocycles. The van der Waals surface area contributed by atoms with Crippen molar-refractivity contribution < 1.29 is 4.59 Å². The van der Waals surface area contributed by atoms with E-state index >= 15 is 0 Å². The van der Waals surface area contributed by atoms with E-state index in [1.165, 1.54) is 0 Å². The van der Waals surface area contributed by atoms with Crippen molar-refractivity contribution >= 4 is 0 Å². The van der Waals surface area contributed by atoms with Crippen LogP contribution >= 0.6 is 0 Å². The zero-order valence-corrected chi connectivity index (χ0v) is 9.39. The molecule has 0 aliphatic heterocycles. The Kier molecular flexibility index (Phi) is 3.69. The second-order valence-electron chi connectivity index (χ2n) is 4.19. The minimum atomic E-state index is -0.216. The van der Waals surface area contributed by atoms with Gasteiger partial charge in [-0.3, -0.25) is 5.73 Å². The van der Waals surface area contributed by atoms with Crippen LogP contribution in [0, 0.1) is 0 Å². The van der Waals surface area contributed by atoms with Crippen LogP contribution in [0.3, 0.4) is 0 Å². The summed E-state index contributed by atoms with van der Waals surface area (Å²) in [7, 11) is 4.29.